The molecule has 56 heavy (non-hydrogen) atoms. The number of carboxylic acids is 1. The van der Waals surface area contributed by atoms with Crippen LogP contribution >= 0.6 is 0 Å². The van der Waals surface area contributed by atoms with Crippen LogP contribution in [0.4, 0.5) is 0 Å². The maximum atomic E-state index is 10.3. The summed E-state index contributed by atoms with van der Waals surface area (Å²) < 4.78 is 70.7. The fourth-order valence-corrected chi connectivity index (χ4v) is 5.02. The van der Waals surface area contributed by atoms with Crippen LogP contribution in [0, 0.1) is 0 Å². The molecule has 0 aliphatic rings. The average Bonchev–Trinajstić information content (AvgIpc) is 3.20. The SMILES string of the molecule is CCCCCCCCCCCCCCCOCCOCCOCCOCCOCCOCCOCCOCCOCCOCCOCCOCCOCC(=O)O. The minimum absolute atomic E-state index is 0.242. The van der Waals surface area contributed by atoms with Crippen molar-refractivity contribution in [2.45, 2.75) is 90.4 Å². The summed E-state index contributed by atoms with van der Waals surface area (Å²) in [4.78, 5) is 10.3. The zero-order chi connectivity index (χ0) is 40.3. The summed E-state index contributed by atoms with van der Waals surface area (Å²) in [6, 6.07) is 0. The third-order valence-corrected chi connectivity index (χ3v) is 8.08. The molecule has 0 aliphatic heterocycles. The molecular weight excluding hydrogens is 732 g/mol. The number of hydrogen-bond acceptors (Lipinski definition) is 14. The number of carbonyl (C=O) groups is 1. The molecule has 0 unspecified atom stereocenters. The molecule has 0 radical (unpaired) electrons. The molecule has 0 aromatic carbocycles. The molecule has 0 amide bonds. The number of carboxylic acid groups (broad SMARTS) is 1. The minimum Gasteiger partial charge on any atom is -0.480 e. The first-order chi connectivity index (χ1) is 27.8. The molecule has 0 spiro atoms. The quantitative estimate of drug-likeness (QED) is 0.0781. The molecule has 15 nitrogen and oxygen atoms in total. The Hall–Kier alpha value is -1.05. The topological polar surface area (TPSA) is 157 Å². The van der Waals surface area contributed by atoms with Crippen LogP contribution in [0.5, 0.6) is 0 Å². The van der Waals surface area contributed by atoms with Crippen molar-refractivity contribution >= 4 is 5.97 Å². The molecule has 336 valence electrons. The first-order valence-electron chi connectivity index (χ1n) is 21.5. The summed E-state index contributed by atoms with van der Waals surface area (Å²) in [7, 11) is 0. The Kier molecular flexibility index (Phi) is 51.0. The first kappa shape index (κ1) is 55.0. The van der Waals surface area contributed by atoms with E-state index in [2.05, 4.69) is 6.92 Å². The van der Waals surface area contributed by atoms with Gasteiger partial charge >= 0.3 is 5.97 Å². The van der Waals surface area contributed by atoms with Crippen LogP contribution in [-0.4, -0.2) is 183 Å². The van der Waals surface area contributed by atoms with Crippen LogP contribution < -0.4 is 0 Å². The van der Waals surface area contributed by atoms with Gasteiger partial charge in [-0.25, -0.2) is 4.79 Å². The summed E-state index contributed by atoms with van der Waals surface area (Å²) in [6.07, 6.45) is 17.7. The average molecular weight is 815 g/mol. The van der Waals surface area contributed by atoms with Crippen LogP contribution in [0.3, 0.4) is 0 Å². The van der Waals surface area contributed by atoms with Crippen molar-refractivity contribution < 1.29 is 71.5 Å². The van der Waals surface area contributed by atoms with E-state index in [9.17, 15) is 4.79 Å². The summed E-state index contributed by atoms with van der Waals surface area (Å²) in [5.74, 6) is -0.995. The van der Waals surface area contributed by atoms with Crippen LogP contribution in [0.25, 0.3) is 0 Å². The molecule has 0 atom stereocenters. The molecule has 0 heterocycles. The van der Waals surface area contributed by atoms with E-state index in [-0.39, 0.29) is 13.2 Å². The Morgan fingerprint density at radius 2 is 0.446 bits per heavy atom. The molecule has 0 saturated carbocycles. The number of hydrogen-bond donors (Lipinski definition) is 1. The van der Waals surface area contributed by atoms with Gasteiger partial charge in [0, 0.05) is 6.61 Å². The van der Waals surface area contributed by atoms with Gasteiger partial charge in [-0.15, -0.1) is 0 Å². The van der Waals surface area contributed by atoms with Gasteiger partial charge in [-0.1, -0.05) is 84.0 Å². The number of rotatable bonds is 52. The molecule has 0 bridgehead atoms. The molecule has 0 aromatic rings. The molecule has 0 saturated heterocycles. The Labute approximate surface area is 339 Å². The van der Waals surface area contributed by atoms with Crippen LogP contribution in [-0.2, 0) is 66.4 Å². The molecule has 15 heteroatoms. The second-order valence-electron chi connectivity index (χ2n) is 13.0. The molecular formula is C41H82O15. The molecule has 0 rings (SSSR count). The zero-order valence-electron chi connectivity index (χ0n) is 35.2. The van der Waals surface area contributed by atoms with Gasteiger partial charge in [0.05, 0.1) is 159 Å². The van der Waals surface area contributed by atoms with Crippen molar-refractivity contribution in [3.8, 4) is 0 Å². The van der Waals surface area contributed by atoms with Gasteiger partial charge in [0.1, 0.15) is 6.61 Å². The monoisotopic (exact) mass is 815 g/mol. The highest BCUT2D eigenvalue weighted by Crippen LogP contribution is 2.12. The minimum atomic E-state index is -0.995. The Morgan fingerprint density at radius 1 is 0.268 bits per heavy atom. The normalized spacial score (nSPS) is 11.6. The van der Waals surface area contributed by atoms with E-state index < -0.39 is 5.97 Å². The van der Waals surface area contributed by atoms with Gasteiger partial charge in [0.2, 0.25) is 0 Å². The largest absolute Gasteiger partial charge is 0.480 e. The summed E-state index contributed by atoms with van der Waals surface area (Å²) in [5, 5.41) is 8.44. The lowest BCUT2D eigenvalue weighted by Crippen LogP contribution is -2.15. The van der Waals surface area contributed by atoms with Gasteiger partial charge in [-0.2, -0.15) is 0 Å². The summed E-state index contributed by atoms with van der Waals surface area (Å²) in [6.45, 7) is 14.5. The number of ether oxygens (including phenoxy) is 13. The van der Waals surface area contributed by atoms with E-state index in [4.69, 9.17) is 66.7 Å². The van der Waals surface area contributed by atoms with E-state index in [1.165, 1.54) is 77.0 Å². The molecule has 1 N–H and O–H groups in total. The number of aliphatic carboxylic acids is 1. The lowest BCUT2D eigenvalue weighted by atomic mass is 10.0. The highest BCUT2D eigenvalue weighted by atomic mass is 16.6. The second-order valence-corrected chi connectivity index (χ2v) is 13.0. The van der Waals surface area contributed by atoms with Crippen molar-refractivity contribution in [3.05, 3.63) is 0 Å². The molecule has 0 aliphatic carbocycles. The Balaban J connectivity index is 3.06. The van der Waals surface area contributed by atoms with E-state index in [1.807, 2.05) is 0 Å². The predicted octanol–water partition coefficient (Wildman–Crippen LogP) is 5.38. The Bertz CT molecular complexity index is 722. The third-order valence-electron chi connectivity index (χ3n) is 8.08. The fraction of sp³-hybridized carbons (Fsp3) is 0.976. The lowest BCUT2D eigenvalue weighted by Gasteiger charge is -2.09. The maximum absolute atomic E-state index is 10.3. The van der Waals surface area contributed by atoms with Crippen LogP contribution in [0.15, 0.2) is 0 Å². The van der Waals surface area contributed by atoms with Crippen LogP contribution in [0.2, 0.25) is 0 Å². The zero-order valence-corrected chi connectivity index (χ0v) is 35.2. The van der Waals surface area contributed by atoms with Gasteiger partial charge in [-0.3, -0.25) is 0 Å². The van der Waals surface area contributed by atoms with E-state index in [1.54, 1.807) is 0 Å². The summed E-state index contributed by atoms with van der Waals surface area (Å²) in [5.41, 5.74) is 0. The van der Waals surface area contributed by atoms with Crippen LogP contribution in [0.1, 0.15) is 90.4 Å². The van der Waals surface area contributed by atoms with Crippen molar-refractivity contribution in [2.75, 3.05) is 172 Å². The predicted molar refractivity (Wildman–Crippen MR) is 214 cm³/mol. The standard InChI is InChI=1S/C41H82O15/c1-2-3-4-5-6-7-8-9-10-11-12-13-14-15-44-16-17-45-18-19-46-20-21-47-22-23-48-24-25-49-26-27-50-28-29-51-30-31-52-32-33-53-34-35-54-36-37-55-38-39-56-40-41(42)43/h2-40H2,1H3,(H,42,43). The number of unbranched alkanes of at least 4 members (excludes halogenated alkanes) is 12. The van der Waals surface area contributed by atoms with E-state index >= 15 is 0 Å². The fourth-order valence-electron chi connectivity index (χ4n) is 5.02. The lowest BCUT2D eigenvalue weighted by molar-refractivity contribution is -0.142. The highest BCUT2D eigenvalue weighted by Gasteiger charge is 1.99. The van der Waals surface area contributed by atoms with Gasteiger partial charge in [-0.05, 0) is 6.42 Å². The maximum Gasteiger partial charge on any atom is 0.329 e. The first-order valence-corrected chi connectivity index (χ1v) is 21.5. The Morgan fingerprint density at radius 3 is 0.661 bits per heavy atom. The summed E-state index contributed by atoms with van der Waals surface area (Å²) >= 11 is 0. The smallest absolute Gasteiger partial charge is 0.329 e. The van der Waals surface area contributed by atoms with E-state index in [0.29, 0.717) is 152 Å². The van der Waals surface area contributed by atoms with Crippen molar-refractivity contribution in [2.24, 2.45) is 0 Å². The van der Waals surface area contributed by atoms with Gasteiger partial charge < -0.3 is 66.7 Å². The van der Waals surface area contributed by atoms with E-state index in [0.717, 1.165) is 13.0 Å². The van der Waals surface area contributed by atoms with Gasteiger partial charge in [0.25, 0.3) is 0 Å². The van der Waals surface area contributed by atoms with Gasteiger partial charge in [0.15, 0.2) is 0 Å². The third kappa shape index (κ3) is 53.0. The van der Waals surface area contributed by atoms with Crippen molar-refractivity contribution in [1.29, 1.82) is 0 Å². The molecule has 0 fully saturated rings. The van der Waals surface area contributed by atoms with Crippen molar-refractivity contribution in [3.63, 3.8) is 0 Å². The van der Waals surface area contributed by atoms with Crippen molar-refractivity contribution in [1.82, 2.24) is 0 Å². The highest BCUT2D eigenvalue weighted by molar-refractivity contribution is 5.67. The second kappa shape index (κ2) is 52.0. The molecule has 0 aromatic heterocycles.